The van der Waals surface area contributed by atoms with Gasteiger partial charge in [0.15, 0.2) is 0 Å². The molecule has 0 atom stereocenters. The summed E-state index contributed by atoms with van der Waals surface area (Å²) < 4.78 is 10.3. The minimum Gasteiger partial charge on any atom is -0.462 e. The van der Waals surface area contributed by atoms with Gasteiger partial charge in [0.05, 0.1) is 24.3 Å². The summed E-state index contributed by atoms with van der Waals surface area (Å²) in [7, 11) is 0. The topological polar surface area (TPSA) is 52.6 Å². The minimum absolute atomic E-state index is 0.254. The Bertz CT molecular complexity index is 760. The number of carbonyl (C=O) groups is 2. The van der Waals surface area contributed by atoms with Crippen LogP contribution in [-0.2, 0) is 9.47 Å². The van der Waals surface area contributed by atoms with Crippen LogP contribution in [0.25, 0.3) is 0 Å². The van der Waals surface area contributed by atoms with Gasteiger partial charge in [-0.25, -0.2) is 9.59 Å². The highest BCUT2D eigenvalue weighted by Crippen LogP contribution is 2.07. The molecule has 2 aromatic rings. The van der Waals surface area contributed by atoms with Gasteiger partial charge in [0.25, 0.3) is 0 Å². The number of rotatable bonds is 7. The molecule has 0 bridgehead atoms. The van der Waals surface area contributed by atoms with Gasteiger partial charge in [-0.05, 0) is 61.4 Å². The second kappa shape index (κ2) is 9.71. The Hall–Kier alpha value is -3.50. The second-order valence-electron chi connectivity index (χ2n) is 5.42. The summed E-state index contributed by atoms with van der Waals surface area (Å²) in [5.74, 6) is 4.16. The number of benzene rings is 2. The maximum atomic E-state index is 11.8. The van der Waals surface area contributed by atoms with Crippen LogP contribution in [0.3, 0.4) is 0 Å². The molecule has 0 heterocycles. The third-order valence-corrected chi connectivity index (χ3v) is 3.58. The zero-order chi connectivity index (χ0) is 18.8. The largest absolute Gasteiger partial charge is 0.462 e. The van der Waals surface area contributed by atoms with Gasteiger partial charge in [-0.3, -0.25) is 0 Å². The summed E-state index contributed by atoms with van der Waals surface area (Å²) in [5.41, 5.74) is 2.31. The molecule has 0 saturated carbocycles. The molecule has 130 valence electrons. The lowest BCUT2D eigenvalue weighted by molar-refractivity contribution is 0.0432. The van der Waals surface area contributed by atoms with Crippen LogP contribution in [0, 0.1) is 24.7 Å². The Morgan fingerprint density at radius 3 is 1.35 bits per heavy atom. The first-order valence-electron chi connectivity index (χ1n) is 8.11. The van der Waals surface area contributed by atoms with E-state index in [9.17, 15) is 9.59 Å². The van der Waals surface area contributed by atoms with E-state index in [1.54, 1.807) is 48.5 Å². The number of hydrogen-bond donors (Lipinski definition) is 0. The molecular formula is C22H18O4. The molecule has 0 radical (unpaired) electrons. The van der Waals surface area contributed by atoms with Gasteiger partial charge in [0.2, 0.25) is 0 Å². The number of ether oxygens (including phenoxy) is 2. The van der Waals surface area contributed by atoms with Gasteiger partial charge in [-0.1, -0.05) is 11.8 Å². The summed E-state index contributed by atoms with van der Waals surface area (Å²) in [4.78, 5) is 23.7. The Labute approximate surface area is 153 Å². The molecule has 0 fully saturated rings. The van der Waals surface area contributed by atoms with Gasteiger partial charge in [-0.15, -0.1) is 12.8 Å². The Balaban J connectivity index is 1.64. The van der Waals surface area contributed by atoms with Crippen molar-refractivity contribution >= 4 is 11.9 Å². The molecule has 0 unspecified atom stereocenters. The van der Waals surface area contributed by atoms with Gasteiger partial charge in [-0.2, -0.15) is 0 Å². The maximum Gasteiger partial charge on any atom is 0.338 e. The van der Waals surface area contributed by atoms with Gasteiger partial charge >= 0.3 is 11.9 Å². The zero-order valence-corrected chi connectivity index (χ0v) is 14.2. The average molecular weight is 346 g/mol. The molecule has 0 N–H and O–H groups in total. The van der Waals surface area contributed by atoms with Crippen molar-refractivity contribution in [3.05, 3.63) is 70.8 Å². The SMILES string of the molecule is C#Cc1ccc(C(=O)OCCCCOC(=O)c2ccc(C#C)cc2)cc1. The van der Waals surface area contributed by atoms with Crippen LogP contribution < -0.4 is 0 Å². The summed E-state index contributed by atoms with van der Waals surface area (Å²) in [6, 6.07) is 13.3. The lowest BCUT2D eigenvalue weighted by atomic mass is 10.1. The molecule has 0 aliphatic heterocycles. The Morgan fingerprint density at radius 1 is 0.692 bits per heavy atom. The standard InChI is InChI=1S/C22H18O4/c1-3-17-7-11-19(12-8-17)21(23)25-15-5-6-16-26-22(24)20-13-9-18(4-2)10-14-20/h1-2,7-14H,5-6,15-16H2. The van der Waals surface area contributed by atoms with Crippen LogP contribution in [0.5, 0.6) is 0 Å². The molecule has 0 amide bonds. The monoisotopic (exact) mass is 346 g/mol. The van der Waals surface area contributed by atoms with Crippen LogP contribution in [-0.4, -0.2) is 25.2 Å². The van der Waals surface area contributed by atoms with E-state index in [4.69, 9.17) is 22.3 Å². The normalized spacial score (nSPS) is 9.62. The van der Waals surface area contributed by atoms with E-state index in [0.29, 0.717) is 35.1 Å². The molecule has 4 heteroatoms. The summed E-state index contributed by atoms with van der Waals surface area (Å²) in [6.45, 7) is 0.508. The minimum atomic E-state index is -0.404. The van der Waals surface area contributed by atoms with E-state index in [1.807, 2.05) is 0 Å². The first-order chi connectivity index (χ1) is 12.6. The van der Waals surface area contributed by atoms with Crippen LogP contribution in [0.2, 0.25) is 0 Å². The van der Waals surface area contributed by atoms with Crippen LogP contribution >= 0.6 is 0 Å². The lowest BCUT2D eigenvalue weighted by Gasteiger charge is -2.06. The van der Waals surface area contributed by atoms with Gasteiger partial charge in [0.1, 0.15) is 0 Å². The predicted octanol–water partition coefficient (Wildman–Crippen LogP) is 3.44. The quantitative estimate of drug-likeness (QED) is 0.438. The molecule has 0 spiro atoms. The second-order valence-corrected chi connectivity index (χ2v) is 5.42. The highest BCUT2D eigenvalue weighted by molar-refractivity contribution is 5.90. The number of carbonyl (C=O) groups excluding carboxylic acids is 2. The molecule has 4 nitrogen and oxygen atoms in total. The van der Waals surface area contributed by atoms with E-state index in [2.05, 4.69) is 11.8 Å². The maximum absolute atomic E-state index is 11.8. The number of esters is 2. The van der Waals surface area contributed by atoms with E-state index in [-0.39, 0.29) is 13.2 Å². The summed E-state index contributed by atoms with van der Waals surface area (Å²) >= 11 is 0. The third-order valence-electron chi connectivity index (χ3n) is 3.58. The van der Waals surface area contributed by atoms with Crippen molar-refractivity contribution in [3.8, 4) is 24.7 Å². The molecule has 26 heavy (non-hydrogen) atoms. The smallest absolute Gasteiger partial charge is 0.338 e. The van der Waals surface area contributed by atoms with Crippen molar-refractivity contribution < 1.29 is 19.1 Å². The summed E-state index contributed by atoms with van der Waals surface area (Å²) in [6.07, 6.45) is 11.7. The van der Waals surface area contributed by atoms with Crippen LogP contribution in [0.15, 0.2) is 48.5 Å². The third kappa shape index (κ3) is 5.54. The van der Waals surface area contributed by atoms with Crippen LogP contribution in [0.1, 0.15) is 44.7 Å². The molecule has 2 rings (SSSR count). The lowest BCUT2D eigenvalue weighted by Crippen LogP contribution is -2.09. The summed E-state index contributed by atoms with van der Waals surface area (Å²) in [5, 5.41) is 0. The fourth-order valence-electron chi connectivity index (χ4n) is 2.11. The van der Waals surface area contributed by atoms with Gasteiger partial charge in [0, 0.05) is 11.1 Å². The molecule has 2 aromatic carbocycles. The molecule has 0 aromatic heterocycles. The van der Waals surface area contributed by atoms with Gasteiger partial charge < -0.3 is 9.47 Å². The Kier molecular flexibility index (Phi) is 7.04. The van der Waals surface area contributed by atoms with Crippen molar-refractivity contribution in [2.45, 2.75) is 12.8 Å². The van der Waals surface area contributed by atoms with Crippen molar-refractivity contribution in [2.24, 2.45) is 0 Å². The van der Waals surface area contributed by atoms with Crippen molar-refractivity contribution in [2.75, 3.05) is 13.2 Å². The fraction of sp³-hybridized carbons (Fsp3) is 0.182. The fourth-order valence-corrected chi connectivity index (χ4v) is 2.11. The van der Waals surface area contributed by atoms with Crippen molar-refractivity contribution in [3.63, 3.8) is 0 Å². The van der Waals surface area contributed by atoms with E-state index in [0.717, 1.165) is 0 Å². The zero-order valence-electron chi connectivity index (χ0n) is 14.2. The molecule has 0 aliphatic rings. The van der Waals surface area contributed by atoms with E-state index in [1.165, 1.54) is 0 Å². The first kappa shape index (κ1) is 18.8. The number of unbranched alkanes of at least 4 members (excludes halogenated alkanes) is 1. The van der Waals surface area contributed by atoms with Crippen molar-refractivity contribution in [1.29, 1.82) is 0 Å². The van der Waals surface area contributed by atoms with Crippen LogP contribution in [0.4, 0.5) is 0 Å². The van der Waals surface area contributed by atoms with Crippen molar-refractivity contribution in [1.82, 2.24) is 0 Å². The molecule has 0 saturated heterocycles. The number of terminal acetylenes is 2. The highest BCUT2D eigenvalue weighted by atomic mass is 16.5. The van der Waals surface area contributed by atoms with E-state index < -0.39 is 11.9 Å². The molecular weight excluding hydrogens is 328 g/mol. The average Bonchev–Trinajstić information content (AvgIpc) is 2.70. The predicted molar refractivity (Wildman–Crippen MR) is 98.6 cm³/mol. The van der Waals surface area contributed by atoms with E-state index >= 15 is 0 Å². The Morgan fingerprint density at radius 2 is 1.04 bits per heavy atom. The number of hydrogen-bond acceptors (Lipinski definition) is 4. The first-order valence-corrected chi connectivity index (χ1v) is 8.11. The molecule has 0 aliphatic carbocycles. The highest BCUT2D eigenvalue weighted by Gasteiger charge is 2.08.